The number of nitriles is 1. The minimum Gasteiger partial charge on any atom is -0.478 e. The van der Waals surface area contributed by atoms with Gasteiger partial charge in [0.05, 0.1) is 11.6 Å². The number of nitrogens with zero attached hydrogens (tertiary/aromatic N) is 1. The van der Waals surface area contributed by atoms with Crippen LogP contribution in [0.15, 0.2) is 18.2 Å². The summed E-state index contributed by atoms with van der Waals surface area (Å²) >= 11 is 0. The van der Waals surface area contributed by atoms with Gasteiger partial charge in [-0.15, -0.1) is 0 Å². The molecule has 0 aliphatic rings. The lowest BCUT2D eigenvalue weighted by molar-refractivity contribution is 0.0695. The van der Waals surface area contributed by atoms with E-state index in [0.717, 1.165) is 6.07 Å². The van der Waals surface area contributed by atoms with Gasteiger partial charge in [-0.05, 0) is 24.1 Å². The van der Waals surface area contributed by atoms with E-state index in [0.29, 0.717) is 12.0 Å². The minimum absolute atomic E-state index is 0.0692. The van der Waals surface area contributed by atoms with Crippen LogP contribution in [-0.4, -0.2) is 11.1 Å². The lowest BCUT2D eigenvalue weighted by atomic mass is 10.0. The molecule has 1 aromatic rings. The van der Waals surface area contributed by atoms with Crippen LogP contribution in [0.2, 0.25) is 0 Å². The second-order valence-electron chi connectivity index (χ2n) is 2.76. The highest BCUT2D eigenvalue weighted by atomic mass is 19.1. The summed E-state index contributed by atoms with van der Waals surface area (Å²) in [5.41, 5.74) is 0.417. The molecule has 0 fully saturated rings. The smallest absolute Gasteiger partial charge is 0.336 e. The number of hydrogen-bond donors (Lipinski definition) is 1. The van der Waals surface area contributed by atoms with E-state index >= 15 is 0 Å². The topological polar surface area (TPSA) is 61.1 Å². The van der Waals surface area contributed by atoms with Gasteiger partial charge in [-0.1, -0.05) is 6.07 Å². The van der Waals surface area contributed by atoms with Crippen LogP contribution in [0.25, 0.3) is 0 Å². The number of aromatic carboxylic acids is 1. The fourth-order valence-corrected chi connectivity index (χ4v) is 1.16. The van der Waals surface area contributed by atoms with E-state index in [1.165, 1.54) is 12.1 Å². The lowest BCUT2D eigenvalue weighted by Crippen LogP contribution is -2.03. The molecule has 0 heterocycles. The van der Waals surface area contributed by atoms with E-state index in [-0.39, 0.29) is 12.0 Å². The van der Waals surface area contributed by atoms with Gasteiger partial charge in [-0.3, -0.25) is 0 Å². The van der Waals surface area contributed by atoms with Gasteiger partial charge in [0.1, 0.15) is 5.82 Å². The molecule has 1 rings (SSSR count). The Labute approximate surface area is 80.4 Å². The van der Waals surface area contributed by atoms with Gasteiger partial charge in [0.15, 0.2) is 0 Å². The number of benzene rings is 1. The summed E-state index contributed by atoms with van der Waals surface area (Å²) in [6.45, 7) is 0. The zero-order valence-electron chi connectivity index (χ0n) is 7.33. The molecular weight excluding hydrogens is 185 g/mol. The van der Waals surface area contributed by atoms with Crippen molar-refractivity contribution in [2.45, 2.75) is 12.8 Å². The SMILES string of the molecule is N#CCCc1ccc(F)cc1C(=O)O. The standard InChI is InChI=1S/C10H8FNO2/c11-8-4-3-7(2-1-5-12)9(6-8)10(13)14/h3-4,6H,1-2H2,(H,13,14). The third-order valence-electron chi connectivity index (χ3n) is 1.81. The first-order valence-electron chi connectivity index (χ1n) is 4.04. The minimum atomic E-state index is -1.17. The Hall–Kier alpha value is -1.89. The number of hydrogen-bond acceptors (Lipinski definition) is 2. The van der Waals surface area contributed by atoms with Gasteiger partial charge in [0, 0.05) is 6.42 Å². The lowest BCUT2D eigenvalue weighted by Gasteiger charge is -2.03. The van der Waals surface area contributed by atoms with Crippen LogP contribution in [0.4, 0.5) is 4.39 Å². The van der Waals surface area contributed by atoms with Gasteiger partial charge in [-0.2, -0.15) is 5.26 Å². The summed E-state index contributed by atoms with van der Waals surface area (Å²) in [5, 5.41) is 17.1. The normalized spacial score (nSPS) is 9.43. The van der Waals surface area contributed by atoms with E-state index in [9.17, 15) is 9.18 Å². The molecule has 0 aliphatic heterocycles. The Balaban J connectivity index is 3.03. The van der Waals surface area contributed by atoms with E-state index in [2.05, 4.69) is 0 Å². The van der Waals surface area contributed by atoms with E-state index < -0.39 is 11.8 Å². The van der Waals surface area contributed by atoms with Crippen molar-refractivity contribution in [2.24, 2.45) is 0 Å². The Morgan fingerprint density at radius 1 is 1.57 bits per heavy atom. The first kappa shape index (κ1) is 10.2. The third kappa shape index (κ3) is 2.30. The number of halogens is 1. The number of aryl methyl sites for hydroxylation is 1. The molecule has 72 valence electrons. The quantitative estimate of drug-likeness (QED) is 0.798. The molecule has 14 heavy (non-hydrogen) atoms. The van der Waals surface area contributed by atoms with Crippen LogP contribution in [0.5, 0.6) is 0 Å². The maximum absolute atomic E-state index is 12.7. The highest BCUT2D eigenvalue weighted by Crippen LogP contribution is 2.13. The summed E-state index contributed by atoms with van der Waals surface area (Å²) < 4.78 is 12.7. The summed E-state index contributed by atoms with van der Waals surface area (Å²) in [6, 6.07) is 5.47. The number of rotatable bonds is 3. The van der Waals surface area contributed by atoms with Gasteiger partial charge in [0.2, 0.25) is 0 Å². The number of carboxylic acids is 1. The van der Waals surface area contributed by atoms with E-state index in [1.54, 1.807) is 0 Å². The van der Waals surface area contributed by atoms with Crippen molar-refractivity contribution in [1.82, 2.24) is 0 Å². The van der Waals surface area contributed by atoms with Crippen molar-refractivity contribution in [1.29, 1.82) is 5.26 Å². The first-order valence-corrected chi connectivity index (χ1v) is 4.04. The van der Waals surface area contributed by atoms with Crippen LogP contribution >= 0.6 is 0 Å². The van der Waals surface area contributed by atoms with Crippen molar-refractivity contribution in [3.63, 3.8) is 0 Å². The number of carbonyl (C=O) groups is 1. The van der Waals surface area contributed by atoms with Crippen LogP contribution in [0.3, 0.4) is 0 Å². The predicted molar refractivity (Wildman–Crippen MR) is 47.3 cm³/mol. The van der Waals surface area contributed by atoms with Gasteiger partial charge in [-0.25, -0.2) is 9.18 Å². The average Bonchev–Trinajstić information content (AvgIpc) is 2.15. The van der Waals surface area contributed by atoms with Crippen molar-refractivity contribution < 1.29 is 14.3 Å². The van der Waals surface area contributed by atoms with Crippen molar-refractivity contribution in [2.75, 3.05) is 0 Å². The molecule has 1 N–H and O–H groups in total. The molecule has 3 nitrogen and oxygen atoms in total. The largest absolute Gasteiger partial charge is 0.478 e. The van der Waals surface area contributed by atoms with Crippen LogP contribution in [-0.2, 0) is 6.42 Å². The van der Waals surface area contributed by atoms with Crippen molar-refractivity contribution in [3.8, 4) is 6.07 Å². The zero-order valence-corrected chi connectivity index (χ0v) is 7.33. The van der Waals surface area contributed by atoms with Crippen LogP contribution in [0.1, 0.15) is 22.3 Å². The Morgan fingerprint density at radius 3 is 2.86 bits per heavy atom. The molecule has 4 heteroatoms. The van der Waals surface area contributed by atoms with Gasteiger partial charge in [0.25, 0.3) is 0 Å². The van der Waals surface area contributed by atoms with Crippen molar-refractivity contribution in [3.05, 3.63) is 35.1 Å². The highest BCUT2D eigenvalue weighted by molar-refractivity contribution is 5.89. The second-order valence-corrected chi connectivity index (χ2v) is 2.76. The average molecular weight is 193 g/mol. The van der Waals surface area contributed by atoms with E-state index in [4.69, 9.17) is 10.4 Å². The highest BCUT2D eigenvalue weighted by Gasteiger charge is 2.10. The van der Waals surface area contributed by atoms with Gasteiger partial charge >= 0.3 is 5.97 Å². The molecular formula is C10H8FNO2. The molecule has 0 bridgehead atoms. The Bertz CT molecular complexity index is 396. The molecule has 0 spiro atoms. The molecule has 0 amide bonds. The number of carboxylic acid groups (broad SMARTS) is 1. The molecule has 0 atom stereocenters. The zero-order chi connectivity index (χ0) is 10.6. The molecule has 0 aromatic heterocycles. The maximum Gasteiger partial charge on any atom is 0.336 e. The summed E-state index contributed by atoms with van der Waals surface area (Å²) in [6.07, 6.45) is 0.560. The first-order chi connectivity index (χ1) is 6.65. The molecule has 0 unspecified atom stereocenters. The summed E-state index contributed by atoms with van der Waals surface area (Å²) in [7, 11) is 0. The van der Waals surface area contributed by atoms with Crippen molar-refractivity contribution >= 4 is 5.97 Å². The molecule has 0 radical (unpaired) electrons. The monoisotopic (exact) mass is 193 g/mol. The third-order valence-corrected chi connectivity index (χ3v) is 1.81. The fourth-order valence-electron chi connectivity index (χ4n) is 1.16. The second kappa shape index (κ2) is 4.38. The maximum atomic E-state index is 12.7. The van der Waals surface area contributed by atoms with Crippen LogP contribution in [0, 0.1) is 17.1 Å². The molecule has 0 saturated heterocycles. The summed E-state index contributed by atoms with van der Waals surface area (Å²) in [4.78, 5) is 10.7. The fraction of sp³-hybridized carbons (Fsp3) is 0.200. The van der Waals surface area contributed by atoms with E-state index in [1.807, 2.05) is 6.07 Å². The molecule has 1 aromatic carbocycles. The van der Waals surface area contributed by atoms with Crippen LogP contribution < -0.4 is 0 Å². The molecule has 0 saturated carbocycles. The predicted octanol–water partition coefficient (Wildman–Crippen LogP) is 1.98. The van der Waals surface area contributed by atoms with Gasteiger partial charge < -0.3 is 5.11 Å². The molecule has 0 aliphatic carbocycles. The Morgan fingerprint density at radius 2 is 2.29 bits per heavy atom. The summed E-state index contributed by atoms with van der Waals surface area (Å²) in [5.74, 6) is -1.75. The Kier molecular flexibility index (Phi) is 3.19.